The Balaban J connectivity index is 2.50. The highest BCUT2D eigenvalue weighted by Crippen LogP contribution is 2.26. The number of ether oxygens (including phenoxy) is 1. The van der Waals surface area contributed by atoms with Crippen molar-refractivity contribution in [3.8, 4) is 5.75 Å². The number of phenols is 1. The lowest BCUT2D eigenvalue weighted by molar-refractivity contribution is 0.0492. The fourth-order valence-corrected chi connectivity index (χ4v) is 1.49. The molecule has 2 aromatic rings. The Labute approximate surface area is 96.6 Å². The molecule has 0 amide bonds. The van der Waals surface area contributed by atoms with Crippen LogP contribution in [0.1, 0.15) is 27.8 Å². The minimum Gasteiger partial charge on any atom is -0.507 e. The maximum atomic E-state index is 11.4. The molecule has 0 aliphatic heterocycles. The van der Waals surface area contributed by atoms with Crippen molar-refractivity contribution < 1.29 is 23.8 Å². The van der Waals surface area contributed by atoms with E-state index in [2.05, 4.69) is 0 Å². The van der Waals surface area contributed by atoms with Crippen molar-refractivity contribution in [2.24, 2.45) is 0 Å². The molecule has 5 heteroatoms. The van der Waals surface area contributed by atoms with Gasteiger partial charge in [-0.2, -0.15) is 0 Å². The van der Waals surface area contributed by atoms with Crippen molar-refractivity contribution in [3.63, 3.8) is 0 Å². The van der Waals surface area contributed by atoms with Gasteiger partial charge in [-0.15, -0.1) is 0 Å². The Hall–Kier alpha value is -2.30. The first kappa shape index (κ1) is 11.2. The molecule has 2 rings (SSSR count). The normalized spacial score (nSPS) is 10.4. The molecule has 0 aliphatic carbocycles. The number of esters is 1. The molecule has 1 aromatic heterocycles. The predicted molar refractivity (Wildman–Crippen MR) is 59.2 cm³/mol. The van der Waals surface area contributed by atoms with Gasteiger partial charge in [-0.05, 0) is 19.1 Å². The van der Waals surface area contributed by atoms with Crippen LogP contribution in [0.5, 0.6) is 5.75 Å². The second-order valence-corrected chi connectivity index (χ2v) is 3.40. The highest BCUT2D eigenvalue weighted by Gasteiger charge is 2.14. The Morgan fingerprint density at radius 2 is 2.24 bits per heavy atom. The van der Waals surface area contributed by atoms with Gasteiger partial charge in [-0.25, -0.2) is 4.79 Å². The molecule has 88 valence electrons. The maximum Gasteiger partial charge on any atom is 0.374 e. The summed E-state index contributed by atoms with van der Waals surface area (Å²) in [6, 6.07) is 4.21. The van der Waals surface area contributed by atoms with E-state index in [1.807, 2.05) is 0 Å². The summed E-state index contributed by atoms with van der Waals surface area (Å²) in [5, 5.41) is 10.0. The molecular formula is C12H10O5. The minimum atomic E-state index is -0.573. The summed E-state index contributed by atoms with van der Waals surface area (Å²) < 4.78 is 9.99. The Morgan fingerprint density at radius 3 is 2.88 bits per heavy atom. The Morgan fingerprint density at radius 1 is 1.47 bits per heavy atom. The second-order valence-electron chi connectivity index (χ2n) is 3.40. The Bertz CT molecular complexity index is 582. The van der Waals surface area contributed by atoms with Gasteiger partial charge >= 0.3 is 5.97 Å². The summed E-state index contributed by atoms with van der Waals surface area (Å²) >= 11 is 0. The first-order valence-electron chi connectivity index (χ1n) is 5.04. The van der Waals surface area contributed by atoms with Gasteiger partial charge in [-0.3, -0.25) is 4.79 Å². The number of hydrogen-bond donors (Lipinski definition) is 1. The van der Waals surface area contributed by atoms with Crippen molar-refractivity contribution >= 4 is 23.2 Å². The van der Waals surface area contributed by atoms with E-state index >= 15 is 0 Å². The van der Waals surface area contributed by atoms with Crippen LogP contribution in [0, 0.1) is 0 Å². The van der Waals surface area contributed by atoms with Crippen LogP contribution in [0.4, 0.5) is 0 Å². The molecule has 1 N–H and O–H groups in total. The third-order valence-corrected chi connectivity index (χ3v) is 2.27. The van der Waals surface area contributed by atoms with Crippen LogP contribution >= 0.6 is 0 Å². The molecule has 0 saturated heterocycles. The number of furan rings is 1. The molecule has 0 spiro atoms. The lowest BCUT2D eigenvalue weighted by atomic mass is 10.1. The van der Waals surface area contributed by atoms with E-state index in [9.17, 15) is 14.7 Å². The van der Waals surface area contributed by atoms with Gasteiger partial charge in [-0.1, -0.05) is 0 Å². The van der Waals surface area contributed by atoms with Crippen LogP contribution in [-0.2, 0) is 4.74 Å². The van der Waals surface area contributed by atoms with Gasteiger partial charge in [0, 0.05) is 11.5 Å². The third kappa shape index (κ3) is 1.99. The largest absolute Gasteiger partial charge is 0.507 e. The summed E-state index contributed by atoms with van der Waals surface area (Å²) in [7, 11) is 0. The lowest BCUT2D eigenvalue weighted by Crippen LogP contribution is -2.02. The molecule has 1 aromatic carbocycles. The molecular weight excluding hydrogens is 224 g/mol. The highest BCUT2D eigenvalue weighted by atomic mass is 16.5. The monoisotopic (exact) mass is 234 g/mol. The van der Waals surface area contributed by atoms with Gasteiger partial charge in [0.2, 0.25) is 5.76 Å². The lowest BCUT2D eigenvalue weighted by Gasteiger charge is -1.96. The van der Waals surface area contributed by atoms with E-state index in [1.54, 1.807) is 6.92 Å². The first-order valence-corrected chi connectivity index (χ1v) is 5.04. The maximum absolute atomic E-state index is 11.4. The van der Waals surface area contributed by atoms with Crippen LogP contribution in [0.3, 0.4) is 0 Å². The van der Waals surface area contributed by atoms with Gasteiger partial charge in [0.1, 0.15) is 11.3 Å². The average Bonchev–Trinajstić information content (AvgIpc) is 2.71. The van der Waals surface area contributed by atoms with E-state index in [0.29, 0.717) is 17.3 Å². The zero-order valence-corrected chi connectivity index (χ0v) is 9.10. The number of hydrogen-bond acceptors (Lipinski definition) is 5. The van der Waals surface area contributed by atoms with Crippen LogP contribution < -0.4 is 0 Å². The van der Waals surface area contributed by atoms with Gasteiger partial charge in [0.05, 0.1) is 12.2 Å². The van der Waals surface area contributed by atoms with Crippen molar-refractivity contribution in [1.29, 1.82) is 0 Å². The van der Waals surface area contributed by atoms with E-state index in [0.717, 1.165) is 0 Å². The molecule has 5 nitrogen and oxygen atoms in total. The summed E-state index contributed by atoms with van der Waals surface area (Å²) in [6.45, 7) is 1.94. The van der Waals surface area contributed by atoms with Crippen LogP contribution in [0.25, 0.3) is 11.0 Å². The Kier molecular flexibility index (Phi) is 2.82. The average molecular weight is 234 g/mol. The van der Waals surface area contributed by atoms with Gasteiger partial charge in [0.25, 0.3) is 0 Å². The van der Waals surface area contributed by atoms with E-state index in [-0.39, 0.29) is 23.7 Å². The number of fused-ring (bicyclic) bond motifs is 1. The van der Waals surface area contributed by atoms with Crippen molar-refractivity contribution in [1.82, 2.24) is 0 Å². The molecule has 0 aliphatic rings. The van der Waals surface area contributed by atoms with Gasteiger partial charge in [0.15, 0.2) is 6.29 Å². The first-order chi connectivity index (χ1) is 8.15. The standard InChI is InChI=1S/C12H10O5/c1-2-16-12(15)11-4-7-3-8(6-13)9(14)5-10(7)17-11/h3-6,14H,2H2,1H3. The number of aldehydes is 1. The topological polar surface area (TPSA) is 76.7 Å². The molecule has 0 unspecified atom stereocenters. The molecule has 0 saturated carbocycles. The number of carbonyl (C=O) groups excluding carboxylic acids is 2. The fraction of sp³-hybridized carbons (Fsp3) is 0.167. The fourth-order valence-electron chi connectivity index (χ4n) is 1.49. The summed E-state index contributed by atoms with van der Waals surface area (Å²) in [6.07, 6.45) is 0.534. The number of phenolic OH excluding ortho intramolecular Hbond substituents is 1. The quantitative estimate of drug-likeness (QED) is 0.650. The molecule has 0 atom stereocenters. The van der Waals surface area contributed by atoms with E-state index < -0.39 is 5.97 Å². The summed E-state index contributed by atoms with van der Waals surface area (Å²) in [5.74, 6) is -0.711. The van der Waals surface area contributed by atoms with E-state index in [4.69, 9.17) is 9.15 Å². The third-order valence-electron chi connectivity index (χ3n) is 2.27. The van der Waals surface area contributed by atoms with Crippen molar-refractivity contribution in [2.45, 2.75) is 6.92 Å². The van der Waals surface area contributed by atoms with Crippen LogP contribution in [0.15, 0.2) is 22.6 Å². The number of aromatic hydroxyl groups is 1. The minimum absolute atomic E-state index is 0.0456. The van der Waals surface area contributed by atoms with Crippen LogP contribution in [-0.4, -0.2) is 24.0 Å². The van der Waals surface area contributed by atoms with Gasteiger partial charge < -0.3 is 14.3 Å². The molecule has 0 fully saturated rings. The smallest absolute Gasteiger partial charge is 0.374 e. The van der Waals surface area contributed by atoms with Crippen LogP contribution in [0.2, 0.25) is 0 Å². The zero-order chi connectivity index (χ0) is 12.4. The zero-order valence-electron chi connectivity index (χ0n) is 9.10. The van der Waals surface area contributed by atoms with Crippen molar-refractivity contribution in [2.75, 3.05) is 6.61 Å². The summed E-state index contributed by atoms with van der Waals surface area (Å²) in [4.78, 5) is 22.0. The highest BCUT2D eigenvalue weighted by molar-refractivity contribution is 5.95. The summed E-state index contributed by atoms with van der Waals surface area (Å²) in [5.41, 5.74) is 0.477. The predicted octanol–water partition coefficient (Wildman–Crippen LogP) is 2.13. The molecule has 17 heavy (non-hydrogen) atoms. The molecule has 0 radical (unpaired) electrons. The SMILES string of the molecule is CCOC(=O)c1cc2cc(C=O)c(O)cc2o1. The number of rotatable bonds is 3. The molecule has 0 bridgehead atoms. The van der Waals surface area contributed by atoms with Crippen molar-refractivity contribution in [3.05, 3.63) is 29.5 Å². The van der Waals surface area contributed by atoms with E-state index in [1.165, 1.54) is 18.2 Å². The molecule has 1 heterocycles. The second kappa shape index (κ2) is 4.29. The number of benzene rings is 1. The number of carbonyl (C=O) groups is 2.